The van der Waals surface area contributed by atoms with Gasteiger partial charge >= 0.3 is 0 Å². The molecular formula is C22H25ClN4O. The van der Waals surface area contributed by atoms with E-state index in [9.17, 15) is 4.79 Å². The van der Waals surface area contributed by atoms with Crippen molar-refractivity contribution in [2.75, 3.05) is 11.9 Å². The highest BCUT2D eigenvalue weighted by Gasteiger charge is 2.16. The Morgan fingerprint density at radius 2 is 1.79 bits per heavy atom. The predicted octanol–water partition coefficient (Wildman–Crippen LogP) is 4.74. The lowest BCUT2D eigenvalue weighted by Crippen LogP contribution is -2.30. The van der Waals surface area contributed by atoms with Crippen LogP contribution in [0.2, 0.25) is 5.02 Å². The Kier molecular flexibility index (Phi) is 6.17. The zero-order valence-electron chi connectivity index (χ0n) is 16.6. The molecule has 0 aliphatic rings. The SMILES string of the molecule is Cc1ccc(-n2nc(C)c(NC(=O)CN[C@@H](C)c3ccccc3Cl)c2C)cc1. The predicted molar refractivity (Wildman–Crippen MR) is 114 cm³/mol. The van der Waals surface area contributed by atoms with Crippen LogP contribution in [0.15, 0.2) is 48.5 Å². The monoisotopic (exact) mass is 396 g/mol. The van der Waals surface area contributed by atoms with Gasteiger partial charge in [0, 0.05) is 11.1 Å². The van der Waals surface area contributed by atoms with Crippen LogP contribution in [0.1, 0.15) is 35.5 Å². The summed E-state index contributed by atoms with van der Waals surface area (Å²) in [7, 11) is 0. The lowest BCUT2D eigenvalue weighted by atomic mass is 10.1. The van der Waals surface area contributed by atoms with Crippen molar-refractivity contribution in [2.45, 2.75) is 33.7 Å². The van der Waals surface area contributed by atoms with Crippen LogP contribution in [-0.4, -0.2) is 22.2 Å². The number of carbonyl (C=O) groups excluding carboxylic acids is 1. The van der Waals surface area contributed by atoms with Gasteiger partial charge in [-0.15, -0.1) is 0 Å². The second kappa shape index (κ2) is 8.59. The van der Waals surface area contributed by atoms with Gasteiger partial charge in [-0.25, -0.2) is 4.68 Å². The normalized spacial score (nSPS) is 12.0. The summed E-state index contributed by atoms with van der Waals surface area (Å²) in [5.74, 6) is -0.117. The third-order valence-electron chi connectivity index (χ3n) is 4.77. The van der Waals surface area contributed by atoms with Crippen LogP contribution in [0.4, 0.5) is 5.69 Å². The molecule has 3 aromatic rings. The topological polar surface area (TPSA) is 59.0 Å². The molecule has 0 unspecified atom stereocenters. The van der Waals surface area contributed by atoms with E-state index in [-0.39, 0.29) is 18.5 Å². The fraction of sp³-hybridized carbons (Fsp3) is 0.273. The molecule has 0 radical (unpaired) electrons. The average molecular weight is 397 g/mol. The zero-order chi connectivity index (χ0) is 20.3. The molecule has 3 rings (SSSR count). The lowest BCUT2D eigenvalue weighted by Gasteiger charge is -2.15. The second-order valence-corrected chi connectivity index (χ2v) is 7.37. The first-order chi connectivity index (χ1) is 13.4. The highest BCUT2D eigenvalue weighted by Crippen LogP contribution is 2.24. The molecule has 0 spiro atoms. The summed E-state index contributed by atoms with van der Waals surface area (Å²) in [4.78, 5) is 12.5. The standard InChI is InChI=1S/C22H25ClN4O/c1-14-9-11-18(12-10-14)27-17(4)22(16(3)26-27)25-21(28)13-24-15(2)19-7-5-6-8-20(19)23/h5-12,15,24H,13H2,1-4H3,(H,25,28)/t15-/m0/s1. The lowest BCUT2D eigenvalue weighted by molar-refractivity contribution is -0.115. The first-order valence-electron chi connectivity index (χ1n) is 9.27. The van der Waals surface area contributed by atoms with Crippen molar-refractivity contribution in [1.82, 2.24) is 15.1 Å². The summed E-state index contributed by atoms with van der Waals surface area (Å²) in [5.41, 5.74) is 5.56. The maximum absolute atomic E-state index is 12.5. The second-order valence-electron chi connectivity index (χ2n) is 6.97. The summed E-state index contributed by atoms with van der Waals surface area (Å²) in [6.07, 6.45) is 0. The highest BCUT2D eigenvalue weighted by molar-refractivity contribution is 6.31. The van der Waals surface area contributed by atoms with Gasteiger partial charge in [-0.2, -0.15) is 5.10 Å². The molecule has 0 aliphatic heterocycles. The molecule has 2 aromatic carbocycles. The first-order valence-corrected chi connectivity index (χ1v) is 9.65. The number of halogens is 1. The Morgan fingerprint density at radius 1 is 1.11 bits per heavy atom. The molecule has 0 aliphatic carbocycles. The number of aryl methyl sites for hydroxylation is 2. The molecule has 1 amide bonds. The van der Waals surface area contributed by atoms with E-state index in [1.54, 1.807) is 0 Å². The van der Waals surface area contributed by atoms with E-state index in [0.717, 1.165) is 28.3 Å². The van der Waals surface area contributed by atoms with E-state index in [1.807, 2.05) is 80.9 Å². The number of hydrogen-bond acceptors (Lipinski definition) is 3. The summed E-state index contributed by atoms with van der Waals surface area (Å²) in [6, 6.07) is 15.7. The molecule has 0 saturated heterocycles. The van der Waals surface area contributed by atoms with Gasteiger partial charge in [0.1, 0.15) is 0 Å². The van der Waals surface area contributed by atoms with Gasteiger partial charge in [-0.05, 0) is 51.5 Å². The Bertz CT molecular complexity index is 979. The van der Waals surface area contributed by atoms with Gasteiger partial charge in [0.05, 0.1) is 29.3 Å². The molecule has 1 atom stereocenters. The van der Waals surface area contributed by atoms with Gasteiger partial charge in [0.25, 0.3) is 0 Å². The van der Waals surface area contributed by atoms with Crippen LogP contribution in [0.25, 0.3) is 5.69 Å². The maximum Gasteiger partial charge on any atom is 0.238 e. The number of amides is 1. The van der Waals surface area contributed by atoms with Gasteiger partial charge in [0.2, 0.25) is 5.91 Å². The molecule has 5 nitrogen and oxygen atoms in total. The van der Waals surface area contributed by atoms with Crippen molar-refractivity contribution in [1.29, 1.82) is 0 Å². The summed E-state index contributed by atoms with van der Waals surface area (Å²) >= 11 is 6.22. The van der Waals surface area contributed by atoms with Crippen LogP contribution in [-0.2, 0) is 4.79 Å². The summed E-state index contributed by atoms with van der Waals surface area (Å²) in [6.45, 7) is 8.07. The average Bonchev–Trinajstić information content (AvgIpc) is 2.95. The van der Waals surface area contributed by atoms with Crippen LogP contribution in [0.3, 0.4) is 0 Å². The first kappa shape index (κ1) is 20.1. The molecular weight excluding hydrogens is 372 g/mol. The molecule has 0 bridgehead atoms. The fourth-order valence-electron chi connectivity index (χ4n) is 3.13. The molecule has 1 aromatic heterocycles. The van der Waals surface area contributed by atoms with E-state index in [4.69, 9.17) is 11.6 Å². The summed E-state index contributed by atoms with van der Waals surface area (Å²) < 4.78 is 1.85. The smallest absolute Gasteiger partial charge is 0.238 e. The molecule has 2 N–H and O–H groups in total. The third-order valence-corrected chi connectivity index (χ3v) is 5.12. The molecule has 0 saturated carbocycles. The van der Waals surface area contributed by atoms with Crippen LogP contribution in [0.5, 0.6) is 0 Å². The van der Waals surface area contributed by atoms with Gasteiger partial charge < -0.3 is 10.6 Å². The van der Waals surface area contributed by atoms with Crippen molar-refractivity contribution in [3.05, 3.63) is 76.1 Å². The number of nitrogens with zero attached hydrogens (tertiary/aromatic N) is 2. The van der Waals surface area contributed by atoms with Crippen molar-refractivity contribution in [3.8, 4) is 5.69 Å². The van der Waals surface area contributed by atoms with E-state index in [2.05, 4.69) is 15.7 Å². The highest BCUT2D eigenvalue weighted by atomic mass is 35.5. The van der Waals surface area contributed by atoms with Gasteiger partial charge in [-0.3, -0.25) is 4.79 Å². The number of nitrogens with one attached hydrogen (secondary N) is 2. The van der Waals surface area contributed by atoms with E-state index < -0.39 is 0 Å². The molecule has 6 heteroatoms. The van der Waals surface area contributed by atoms with Crippen LogP contribution in [0, 0.1) is 20.8 Å². The van der Waals surface area contributed by atoms with E-state index >= 15 is 0 Å². The number of aromatic nitrogens is 2. The molecule has 146 valence electrons. The van der Waals surface area contributed by atoms with Gasteiger partial charge in [0.15, 0.2) is 0 Å². The zero-order valence-corrected chi connectivity index (χ0v) is 17.3. The quantitative estimate of drug-likeness (QED) is 0.632. The minimum Gasteiger partial charge on any atom is -0.322 e. The number of rotatable bonds is 6. The third kappa shape index (κ3) is 4.43. The minimum absolute atomic E-state index is 0.0306. The molecule has 0 fully saturated rings. The minimum atomic E-state index is -0.117. The Labute approximate surface area is 170 Å². The molecule has 1 heterocycles. The van der Waals surface area contributed by atoms with Gasteiger partial charge in [-0.1, -0.05) is 47.5 Å². The number of benzene rings is 2. The van der Waals surface area contributed by atoms with Crippen molar-refractivity contribution in [2.24, 2.45) is 0 Å². The number of carbonyl (C=O) groups is 1. The van der Waals surface area contributed by atoms with E-state index in [1.165, 1.54) is 5.56 Å². The summed E-state index contributed by atoms with van der Waals surface area (Å²) in [5, 5.41) is 11.5. The Hall–Kier alpha value is -2.63. The van der Waals surface area contributed by atoms with Crippen LogP contribution >= 0.6 is 11.6 Å². The number of hydrogen-bond donors (Lipinski definition) is 2. The van der Waals surface area contributed by atoms with Crippen molar-refractivity contribution < 1.29 is 4.79 Å². The Balaban J connectivity index is 1.67. The van der Waals surface area contributed by atoms with Crippen molar-refractivity contribution in [3.63, 3.8) is 0 Å². The number of anilines is 1. The largest absolute Gasteiger partial charge is 0.322 e. The van der Waals surface area contributed by atoms with E-state index in [0.29, 0.717) is 5.02 Å². The maximum atomic E-state index is 12.5. The molecule has 28 heavy (non-hydrogen) atoms. The Morgan fingerprint density at radius 3 is 2.46 bits per heavy atom. The van der Waals surface area contributed by atoms with Crippen LogP contribution < -0.4 is 10.6 Å². The van der Waals surface area contributed by atoms with Crippen molar-refractivity contribution >= 4 is 23.2 Å². The fourth-order valence-corrected chi connectivity index (χ4v) is 3.43.